The fourth-order valence-corrected chi connectivity index (χ4v) is 2.98. The van der Waals surface area contributed by atoms with E-state index in [1.807, 2.05) is 12.1 Å². The molecule has 0 saturated carbocycles. The Bertz CT molecular complexity index is 435. The molecule has 0 saturated heterocycles. The SMILES string of the molecule is CC(C)c1ccc(S(=O)(=O)CCCCN)cc1. The van der Waals surface area contributed by atoms with Crippen LogP contribution in [-0.4, -0.2) is 20.7 Å². The number of rotatable bonds is 6. The van der Waals surface area contributed by atoms with Gasteiger partial charge in [-0.1, -0.05) is 26.0 Å². The van der Waals surface area contributed by atoms with Crippen LogP contribution in [0.3, 0.4) is 0 Å². The lowest BCUT2D eigenvalue weighted by Crippen LogP contribution is -2.09. The minimum Gasteiger partial charge on any atom is -0.330 e. The molecule has 0 atom stereocenters. The van der Waals surface area contributed by atoms with Gasteiger partial charge in [0, 0.05) is 0 Å². The molecule has 0 unspecified atom stereocenters. The van der Waals surface area contributed by atoms with Crippen molar-refractivity contribution < 1.29 is 8.42 Å². The van der Waals surface area contributed by atoms with E-state index in [1.165, 1.54) is 0 Å². The Morgan fingerprint density at radius 2 is 1.71 bits per heavy atom. The summed E-state index contributed by atoms with van der Waals surface area (Å²) < 4.78 is 23.9. The van der Waals surface area contributed by atoms with Gasteiger partial charge in [-0.15, -0.1) is 0 Å². The average molecular weight is 255 g/mol. The van der Waals surface area contributed by atoms with Gasteiger partial charge in [0.25, 0.3) is 0 Å². The molecule has 0 bridgehead atoms. The van der Waals surface area contributed by atoms with Crippen molar-refractivity contribution in [3.8, 4) is 0 Å². The van der Waals surface area contributed by atoms with Crippen LogP contribution in [0.4, 0.5) is 0 Å². The zero-order chi connectivity index (χ0) is 12.9. The lowest BCUT2D eigenvalue weighted by Gasteiger charge is -2.07. The maximum Gasteiger partial charge on any atom is 0.178 e. The topological polar surface area (TPSA) is 60.2 Å². The first-order valence-corrected chi connectivity index (χ1v) is 7.65. The van der Waals surface area contributed by atoms with Crippen LogP contribution in [0, 0.1) is 0 Å². The molecule has 0 aliphatic heterocycles. The van der Waals surface area contributed by atoms with Crippen molar-refractivity contribution in [1.29, 1.82) is 0 Å². The summed E-state index contributed by atoms with van der Waals surface area (Å²) in [5.74, 6) is 0.606. The normalized spacial score (nSPS) is 12.0. The minimum atomic E-state index is -3.13. The van der Waals surface area contributed by atoms with Gasteiger partial charge in [-0.05, 0) is 43.0 Å². The van der Waals surface area contributed by atoms with Gasteiger partial charge in [-0.2, -0.15) is 0 Å². The molecule has 4 heteroatoms. The van der Waals surface area contributed by atoms with Gasteiger partial charge >= 0.3 is 0 Å². The van der Waals surface area contributed by atoms with Crippen LogP contribution in [0.5, 0.6) is 0 Å². The quantitative estimate of drug-likeness (QED) is 0.794. The number of nitrogens with two attached hydrogens (primary N) is 1. The molecule has 0 heterocycles. The predicted molar refractivity (Wildman–Crippen MR) is 70.9 cm³/mol. The van der Waals surface area contributed by atoms with E-state index in [4.69, 9.17) is 5.73 Å². The molecular formula is C13H21NO2S. The number of unbranched alkanes of at least 4 members (excludes halogenated alkanes) is 1. The number of hydrogen-bond acceptors (Lipinski definition) is 3. The highest BCUT2D eigenvalue weighted by molar-refractivity contribution is 7.91. The monoisotopic (exact) mass is 255 g/mol. The molecule has 0 aliphatic carbocycles. The van der Waals surface area contributed by atoms with Gasteiger partial charge in [0.2, 0.25) is 0 Å². The van der Waals surface area contributed by atoms with Crippen molar-refractivity contribution in [1.82, 2.24) is 0 Å². The molecule has 1 aromatic carbocycles. The van der Waals surface area contributed by atoms with Crippen LogP contribution in [0.2, 0.25) is 0 Å². The number of hydrogen-bond donors (Lipinski definition) is 1. The molecule has 3 nitrogen and oxygen atoms in total. The van der Waals surface area contributed by atoms with Crippen molar-refractivity contribution in [2.45, 2.75) is 37.5 Å². The van der Waals surface area contributed by atoms with Crippen molar-refractivity contribution in [2.24, 2.45) is 5.73 Å². The van der Waals surface area contributed by atoms with E-state index in [0.717, 1.165) is 12.0 Å². The first-order valence-electron chi connectivity index (χ1n) is 6.00. The molecule has 0 fully saturated rings. The van der Waals surface area contributed by atoms with Crippen molar-refractivity contribution >= 4 is 9.84 Å². The van der Waals surface area contributed by atoms with Gasteiger partial charge in [0.05, 0.1) is 10.6 Å². The molecule has 1 aromatic rings. The Hall–Kier alpha value is -0.870. The summed E-state index contributed by atoms with van der Waals surface area (Å²) >= 11 is 0. The predicted octanol–water partition coefficient (Wildman–Crippen LogP) is 2.32. The number of benzene rings is 1. The first-order chi connectivity index (χ1) is 7.97. The Balaban J connectivity index is 2.78. The highest BCUT2D eigenvalue weighted by Gasteiger charge is 2.13. The van der Waals surface area contributed by atoms with Crippen LogP contribution < -0.4 is 5.73 Å². The molecule has 0 aromatic heterocycles. The first kappa shape index (κ1) is 14.2. The smallest absolute Gasteiger partial charge is 0.178 e. The van der Waals surface area contributed by atoms with Gasteiger partial charge in [0.1, 0.15) is 0 Å². The third-order valence-electron chi connectivity index (χ3n) is 2.77. The number of sulfone groups is 1. The van der Waals surface area contributed by atoms with Crippen LogP contribution >= 0.6 is 0 Å². The second-order valence-corrected chi connectivity index (χ2v) is 6.65. The van der Waals surface area contributed by atoms with Crippen LogP contribution in [0.1, 0.15) is 38.2 Å². The van der Waals surface area contributed by atoms with E-state index in [-0.39, 0.29) is 5.75 Å². The van der Waals surface area contributed by atoms with Gasteiger partial charge in [-0.3, -0.25) is 0 Å². The fraction of sp³-hybridized carbons (Fsp3) is 0.538. The third-order valence-corrected chi connectivity index (χ3v) is 4.59. The molecule has 96 valence electrons. The Morgan fingerprint density at radius 1 is 1.12 bits per heavy atom. The summed E-state index contributed by atoms with van der Waals surface area (Å²) in [6.07, 6.45) is 1.38. The fourth-order valence-electron chi connectivity index (χ4n) is 1.61. The summed E-state index contributed by atoms with van der Waals surface area (Å²) in [6.45, 7) is 4.72. The molecule has 0 radical (unpaired) electrons. The standard InChI is InChI=1S/C13H21NO2S/c1-11(2)12-5-7-13(8-6-12)17(15,16)10-4-3-9-14/h5-8,11H,3-4,9-10,14H2,1-2H3. The van der Waals surface area contributed by atoms with Crippen LogP contribution in [0.15, 0.2) is 29.2 Å². The highest BCUT2D eigenvalue weighted by atomic mass is 32.2. The third kappa shape index (κ3) is 4.13. The second kappa shape index (κ2) is 6.17. The van der Waals surface area contributed by atoms with Crippen molar-refractivity contribution in [3.63, 3.8) is 0 Å². The molecule has 17 heavy (non-hydrogen) atoms. The molecule has 2 N–H and O–H groups in total. The molecule has 1 rings (SSSR count). The second-order valence-electron chi connectivity index (χ2n) is 4.54. The molecule has 0 amide bonds. The van der Waals surface area contributed by atoms with E-state index < -0.39 is 9.84 Å². The zero-order valence-electron chi connectivity index (χ0n) is 10.5. The van der Waals surface area contributed by atoms with Gasteiger partial charge < -0.3 is 5.73 Å². The van der Waals surface area contributed by atoms with Crippen molar-refractivity contribution in [2.75, 3.05) is 12.3 Å². The summed E-state index contributed by atoms with van der Waals surface area (Å²) in [5, 5.41) is 0. The lowest BCUT2D eigenvalue weighted by molar-refractivity contribution is 0.591. The van der Waals surface area contributed by atoms with Gasteiger partial charge in [0.15, 0.2) is 9.84 Å². The maximum atomic E-state index is 11.9. The summed E-state index contributed by atoms with van der Waals surface area (Å²) in [5.41, 5.74) is 6.51. The zero-order valence-corrected chi connectivity index (χ0v) is 11.3. The average Bonchev–Trinajstić information content (AvgIpc) is 2.29. The summed E-state index contributed by atoms with van der Waals surface area (Å²) in [4.78, 5) is 0.416. The van der Waals surface area contributed by atoms with E-state index in [0.29, 0.717) is 23.8 Å². The largest absolute Gasteiger partial charge is 0.330 e. The summed E-state index contributed by atoms with van der Waals surface area (Å²) in [7, 11) is -3.13. The Labute approximate surface area is 104 Å². The van der Waals surface area contributed by atoms with Crippen LogP contribution in [0.25, 0.3) is 0 Å². The molecule has 0 aliphatic rings. The maximum absolute atomic E-state index is 11.9. The van der Waals surface area contributed by atoms with Crippen molar-refractivity contribution in [3.05, 3.63) is 29.8 Å². The van der Waals surface area contributed by atoms with E-state index in [2.05, 4.69) is 13.8 Å². The van der Waals surface area contributed by atoms with Crippen LogP contribution in [-0.2, 0) is 9.84 Å². The highest BCUT2D eigenvalue weighted by Crippen LogP contribution is 2.18. The minimum absolute atomic E-state index is 0.186. The Morgan fingerprint density at radius 3 is 2.18 bits per heavy atom. The van der Waals surface area contributed by atoms with E-state index in [1.54, 1.807) is 12.1 Å². The Kier molecular flexibility index (Phi) is 5.15. The van der Waals surface area contributed by atoms with E-state index in [9.17, 15) is 8.42 Å². The lowest BCUT2D eigenvalue weighted by atomic mass is 10.0. The van der Waals surface area contributed by atoms with Gasteiger partial charge in [-0.25, -0.2) is 8.42 Å². The van der Waals surface area contributed by atoms with E-state index >= 15 is 0 Å². The summed E-state index contributed by atoms with van der Waals surface area (Å²) in [6, 6.07) is 7.18. The molecular weight excluding hydrogens is 234 g/mol. The molecule has 0 spiro atoms.